The molecule has 1 rings (SSSR count). The molecule has 0 saturated carbocycles. The van der Waals surface area contributed by atoms with E-state index in [4.69, 9.17) is 15.2 Å². The summed E-state index contributed by atoms with van der Waals surface area (Å²) in [6, 6.07) is 5.38. The molecule has 0 radical (unpaired) electrons. The zero-order chi connectivity index (χ0) is 13.5. The van der Waals surface area contributed by atoms with Crippen LogP contribution in [-0.2, 0) is 14.3 Å². The van der Waals surface area contributed by atoms with Crippen LogP contribution in [0.4, 0.5) is 0 Å². The molecule has 1 atom stereocenters. The first-order valence-electron chi connectivity index (χ1n) is 5.32. The second-order valence-electron chi connectivity index (χ2n) is 3.58. The van der Waals surface area contributed by atoms with Gasteiger partial charge < -0.3 is 19.9 Å². The van der Waals surface area contributed by atoms with Crippen molar-refractivity contribution >= 4 is 28.6 Å². The second-order valence-corrected chi connectivity index (χ2v) is 4.83. The molecule has 0 aliphatic heterocycles. The third-order valence-electron chi connectivity index (χ3n) is 2.34. The maximum atomic E-state index is 10.9. The number of esters is 1. The number of carbonyl (C=O) groups excluding carboxylic acids is 1. The molecule has 0 amide bonds. The highest BCUT2D eigenvalue weighted by molar-refractivity contribution is 14.1. The fraction of sp³-hybridized carbons (Fsp3) is 0.417. The van der Waals surface area contributed by atoms with Crippen LogP contribution in [0.25, 0.3) is 0 Å². The Hall–Kier alpha value is -0.860. The number of hydrogen-bond acceptors (Lipinski definition) is 5. The highest BCUT2D eigenvalue weighted by Gasteiger charge is 2.13. The lowest BCUT2D eigenvalue weighted by atomic mass is 10.1. The second kappa shape index (κ2) is 7.55. The highest BCUT2D eigenvalue weighted by atomic mass is 127. The summed E-state index contributed by atoms with van der Waals surface area (Å²) in [6.07, 6.45) is 0. The zero-order valence-corrected chi connectivity index (χ0v) is 12.5. The van der Waals surface area contributed by atoms with Gasteiger partial charge in [-0.25, -0.2) is 4.79 Å². The Morgan fingerprint density at radius 3 is 2.78 bits per heavy atom. The van der Waals surface area contributed by atoms with Crippen LogP contribution in [0.15, 0.2) is 18.2 Å². The molecule has 0 saturated heterocycles. The quantitative estimate of drug-likeness (QED) is 0.611. The van der Waals surface area contributed by atoms with Crippen molar-refractivity contribution in [3.05, 3.63) is 27.3 Å². The van der Waals surface area contributed by atoms with Crippen LogP contribution >= 0.6 is 22.6 Å². The third kappa shape index (κ3) is 4.43. The molecule has 100 valence electrons. The van der Waals surface area contributed by atoms with Crippen molar-refractivity contribution in [2.45, 2.75) is 6.04 Å². The van der Waals surface area contributed by atoms with Crippen LogP contribution < -0.4 is 10.5 Å². The number of rotatable bonds is 6. The maximum absolute atomic E-state index is 10.9. The molecule has 0 spiro atoms. The summed E-state index contributed by atoms with van der Waals surface area (Å²) < 4.78 is 16.0. The van der Waals surface area contributed by atoms with E-state index >= 15 is 0 Å². The topological polar surface area (TPSA) is 70.8 Å². The van der Waals surface area contributed by atoms with E-state index in [0.717, 1.165) is 9.13 Å². The fourth-order valence-corrected chi connectivity index (χ4v) is 1.93. The molecular formula is C12H16INO4. The summed E-state index contributed by atoms with van der Waals surface area (Å²) >= 11 is 2.20. The van der Waals surface area contributed by atoms with Gasteiger partial charge in [0.1, 0.15) is 12.4 Å². The first kappa shape index (κ1) is 15.2. The number of ether oxygens (including phenoxy) is 3. The summed E-state index contributed by atoms with van der Waals surface area (Å²) in [7, 11) is 2.90. The number of methoxy groups -OCH3 is 2. The zero-order valence-electron chi connectivity index (χ0n) is 10.3. The average molecular weight is 365 g/mol. The van der Waals surface area contributed by atoms with E-state index in [9.17, 15) is 4.79 Å². The first-order valence-corrected chi connectivity index (χ1v) is 6.40. The van der Waals surface area contributed by atoms with E-state index in [0.29, 0.717) is 5.75 Å². The van der Waals surface area contributed by atoms with Crippen molar-refractivity contribution < 1.29 is 19.0 Å². The van der Waals surface area contributed by atoms with Crippen LogP contribution in [-0.4, -0.2) is 33.4 Å². The van der Waals surface area contributed by atoms with Gasteiger partial charge in [0.15, 0.2) is 0 Å². The predicted molar refractivity (Wildman–Crippen MR) is 75.5 cm³/mol. The van der Waals surface area contributed by atoms with E-state index in [2.05, 4.69) is 27.3 Å². The molecule has 0 heterocycles. The summed E-state index contributed by atoms with van der Waals surface area (Å²) in [5.74, 6) is 0.293. The molecule has 5 nitrogen and oxygen atoms in total. The number of halogens is 1. The summed E-state index contributed by atoms with van der Waals surface area (Å²) in [5.41, 5.74) is 6.86. The van der Waals surface area contributed by atoms with Crippen molar-refractivity contribution in [2.75, 3.05) is 27.4 Å². The molecular weight excluding hydrogens is 349 g/mol. The lowest BCUT2D eigenvalue weighted by Gasteiger charge is -2.16. The van der Waals surface area contributed by atoms with Crippen molar-refractivity contribution in [3.8, 4) is 5.75 Å². The lowest BCUT2D eigenvalue weighted by Crippen LogP contribution is -2.21. The molecule has 1 unspecified atom stereocenters. The standard InChI is InChI=1S/C12H16INO4/c1-16-11-4-3-8(13)5-9(11)10(14)6-18-7-12(15)17-2/h3-5,10H,6-7,14H2,1-2H3. The Balaban J connectivity index is 2.62. The van der Waals surface area contributed by atoms with Crippen molar-refractivity contribution in [3.63, 3.8) is 0 Å². The van der Waals surface area contributed by atoms with Gasteiger partial charge in [0.2, 0.25) is 0 Å². The maximum Gasteiger partial charge on any atom is 0.331 e. The van der Waals surface area contributed by atoms with Crippen LogP contribution in [0.5, 0.6) is 5.75 Å². The molecule has 0 aromatic heterocycles. The SMILES string of the molecule is COC(=O)COCC(N)c1cc(I)ccc1OC. The number of benzene rings is 1. The molecule has 0 bridgehead atoms. The van der Waals surface area contributed by atoms with Gasteiger partial charge in [-0.1, -0.05) is 0 Å². The van der Waals surface area contributed by atoms with Gasteiger partial charge in [0.25, 0.3) is 0 Å². The fourth-order valence-electron chi connectivity index (χ4n) is 1.41. The van der Waals surface area contributed by atoms with Crippen LogP contribution in [0, 0.1) is 3.57 Å². The number of hydrogen-bond donors (Lipinski definition) is 1. The molecule has 0 aliphatic carbocycles. The van der Waals surface area contributed by atoms with Gasteiger partial charge in [-0.15, -0.1) is 0 Å². The molecule has 6 heteroatoms. The highest BCUT2D eigenvalue weighted by Crippen LogP contribution is 2.25. The minimum Gasteiger partial charge on any atom is -0.496 e. The lowest BCUT2D eigenvalue weighted by molar-refractivity contribution is -0.146. The van der Waals surface area contributed by atoms with Gasteiger partial charge in [-0.2, -0.15) is 0 Å². The van der Waals surface area contributed by atoms with Gasteiger partial charge in [-0.3, -0.25) is 0 Å². The molecule has 0 fully saturated rings. The summed E-state index contributed by atoms with van der Waals surface area (Å²) in [5, 5.41) is 0. The van der Waals surface area contributed by atoms with E-state index in [1.807, 2.05) is 18.2 Å². The summed E-state index contributed by atoms with van der Waals surface area (Å²) in [4.78, 5) is 10.9. The van der Waals surface area contributed by atoms with E-state index in [-0.39, 0.29) is 19.3 Å². The minimum atomic E-state index is -0.420. The van der Waals surface area contributed by atoms with Crippen LogP contribution in [0.3, 0.4) is 0 Å². The summed E-state index contributed by atoms with van der Waals surface area (Å²) in [6.45, 7) is 0.127. The smallest absolute Gasteiger partial charge is 0.331 e. The average Bonchev–Trinajstić information content (AvgIpc) is 2.38. The Morgan fingerprint density at radius 2 is 2.17 bits per heavy atom. The van der Waals surface area contributed by atoms with Crippen LogP contribution in [0.1, 0.15) is 11.6 Å². The van der Waals surface area contributed by atoms with E-state index in [1.165, 1.54) is 7.11 Å². The molecule has 2 N–H and O–H groups in total. The van der Waals surface area contributed by atoms with Gasteiger partial charge in [-0.05, 0) is 40.8 Å². The Labute approximate surface area is 120 Å². The largest absolute Gasteiger partial charge is 0.496 e. The van der Waals surface area contributed by atoms with Gasteiger partial charge >= 0.3 is 5.97 Å². The Bertz CT molecular complexity index is 411. The van der Waals surface area contributed by atoms with E-state index in [1.54, 1.807) is 7.11 Å². The van der Waals surface area contributed by atoms with Gasteiger partial charge in [0, 0.05) is 9.13 Å². The number of carbonyl (C=O) groups is 1. The Kier molecular flexibility index (Phi) is 6.37. The van der Waals surface area contributed by atoms with Crippen LogP contribution in [0.2, 0.25) is 0 Å². The molecule has 18 heavy (non-hydrogen) atoms. The first-order chi connectivity index (χ1) is 8.58. The molecule has 0 aliphatic rings. The molecule has 1 aromatic rings. The molecule has 1 aromatic carbocycles. The normalized spacial score (nSPS) is 12.0. The third-order valence-corrected chi connectivity index (χ3v) is 3.01. The number of nitrogens with two attached hydrogens (primary N) is 1. The predicted octanol–water partition coefficient (Wildman–Crippen LogP) is 1.49. The minimum absolute atomic E-state index is 0.101. The van der Waals surface area contributed by atoms with Crippen molar-refractivity contribution in [1.29, 1.82) is 0 Å². The monoisotopic (exact) mass is 365 g/mol. The van der Waals surface area contributed by atoms with E-state index < -0.39 is 5.97 Å². The van der Waals surface area contributed by atoms with Gasteiger partial charge in [0.05, 0.1) is 26.9 Å². The Morgan fingerprint density at radius 1 is 1.44 bits per heavy atom. The van der Waals surface area contributed by atoms with Crippen molar-refractivity contribution in [1.82, 2.24) is 0 Å². The van der Waals surface area contributed by atoms with Crippen molar-refractivity contribution in [2.24, 2.45) is 5.73 Å².